The SMILES string of the molecule is CCCC(CCCc1nc2ccccc2n1CC)NCC. The van der Waals surface area contributed by atoms with E-state index in [-0.39, 0.29) is 0 Å². The van der Waals surface area contributed by atoms with E-state index < -0.39 is 0 Å². The molecule has 0 bridgehead atoms. The van der Waals surface area contributed by atoms with Crippen LogP contribution in [0, 0.1) is 0 Å². The molecule has 1 unspecified atom stereocenters. The molecule has 0 amide bonds. The number of para-hydroxylation sites is 2. The first kappa shape index (κ1) is 16.0. The molecule has 1 aromatic carbocycles. The number of nitrogens with zero attached hydrogens (tertiary/aromatic N) is 2. The van der Waals surface area contributed by atoms with Gasteiger partial charge in [-0.15, -0.1) is 0 Å². The first-order valence-electron chi connectivity index (χ1n) is 8.47. The summed E-state index contributed by atoms with van der Waals surface area (Å²) in [6.07, 6.45) is 6.06. The molecule has 1 aromatic heterocycles. The van der Waals surface area contributed by atoms with E-state index in [0.29, 0.717) is 6.04 Å². The van der Waals surface area contributed by atoms with Crippen LogP contribution < -0.4 is 5.32 Å². The molecule has 0 aliphatic carbocycles. The summed E-state index contributed by atoms with van der Waals surface area (Å²) in [5, 5.41) is 3.60. The second-order valence-corrected chi connectivity index (χ2v) is 5.70. The third-order valence-corrected chi connectivity index (χ3v) is 4.13. The van der Waals surface area contributed by atoms with Crippen LogP contribution in [-0.2, 0) is 13.0 Å². The maximum absolute atomic E-state index is 4.81. The Hall–Kier alpha value is -1.35. The molecule has 2 aromatic rings. The van der Waals surface area contributed by atoms with E-state index in [9.17, 15) is 0 Å². The average Bonchev–Trinajstić information content (AvgIpc) is 2.85. The van der Waals surface area contributed by atoms with Gasteiger partial charge in [-0.3, -0.25) is 0 Å². The Kier molecular flexibility index (Phi) is 6.24. The summed E-state index contributed by atoms with van der Waals surface area (Å²) in [6, 6.07) is 9.13. The Labute approximate surface area is 128 Å². The van der Waals surface area contributed by atoms with E-state index in [4.69, 9.17) is 4.98 Å². The summed E-state index contributed by atoms with van der Waals surface area (Å²) in [4.78, 5) is 4.81. The highest BCUT2D eigenvalue weighted by molar-refractivity contribution is 5.75. The van der Waals surface area contributed by atoms with Gasteiger partial charge in [0.1, 0.15) is 5.82 Å². The van der Waals surface area contributed by atoms with Gasteiger partial charge in [-0.2, -0.15) is 0 Å². The zero-order valence-electron chi connectivity index (χ0n) is 13.7. The quantitative estimate of drug-likeness (QED) is 0.750. The molecule has 0 saturated carbocycles. The van der Waals surface area contributed by atoms with E-state index in [0.717, 1.165) is 25.0 Å². The number of hydrogen-bond acceptors (Lipinski definition) is 2. The van der Waals surface area contributed by atoms with Crippen LogP contribution in [0.15, 0.2) is 24.3 Å². The highest BCUT2D eigenvalue weighted by Crippen LogP contribution is 2.18. The lowest BCUT2D eigenvalue weighted by Crippen LogP contribution is -2.28. The fraction of sp³-hybridized carbons (Fsp3) is 0.611. The van der Waals surface area contributed by atoms with Gasteiger partial charge < -0.3 is 9.88 Å². The van der Waals surface area contributed by atoms with Crippen LogP contribution in [-0.4, -0.2) is 22.1 Å². The predicted molar refractivity (Wildman–Crippen MR) is 90.7 cm³/mol. The van der Waals surface area contributed by atoms with Crippen LogP contribution in [0.25, 0.3) is 11.0 Å². The summed E-state index contributed by atoms with van der Waals surface area (Å²) >= 11 is 0. The second kappa shape index (κ2) is 8.18. The molecule has 116 valence electrons. The van der Waals surface area contributed by atoms with Crippen LogP contribution in [0.4, 0.5) is 0 Å². The molecule has 21 heavy (non-hydrogen) atoms. The van der Waals surface area contributed by atoms with E-state index in [1.165, 1.54) is 37.0 Å². The third-order valence-electron chi connectivity index (χ3n) is 4.13. The lowest BCUT2D eigenvalue weighted by Gasteiger charge is -2.16. The summed E-state index contributed by atoms with van der Waals surface area (Å²) in [6.45, 7) is 8.73. The van der Waals surface area contributed by atoms with Gasteiger partial charge in [0.2, 0.25) is 0 Å². The Balaban J connectivity index is 1.99. The van der Waals surface area contributed by atoms with Gasteiger partial charge in [-0.25, -0.2) is 4.98 Å². The lowest BCUT2D eigenvalue weighted by atomic mass is 10.0. The van der Waals surface area contributed by atoms with Crippen LogP contribution in [0.2, 0.25) is 0 Å². The maximum atomic E-state index is 4.81. The first-order valence-corrected chi connectivity index (χ1v) is 8.47. The van der Waals surface area contributed by atoms with Crippen LogP contribution in [0.5, 0.6) is 0 Å². The molecule has 0 saturated heterocycles. The number of rotatable bonds is 9. The molecular formula is C18H29N3. The van der Waals surface area contributed by atoms with Gasteiger partial charge in [-0.05, 0) is 44.9 Å². The largest absolute Gasteiger partial charge is 0.328 e. The minimum absolute atomic E-state index is 0.666. The maximum Gasteiger partial charge on any atom is 0.109 e. The van der Waals surface area contributed by atoms with Crippen molar-refractivity contribution in [2.45, 2.75) is 65.5 Å². The van der Waals surface area contributed by atoms with E-state index in [1.807, 2.05) is 0 Å². The summed E-state index contributed by atoms with van der Waals surface area (Å²) in [7, 11) is 0. The van der Waals surface area contributed by atoms with E-state index >= 15 is 0 Å². The normalized spacial score (nSPS) is 12.9. The smallest absolute Gasteiger partial charge is 0.109 e. The number of nitrogens with one attached hydrogen (secondary N) is 1. The fourth-order valence-corrected chi connectivity index (χ4v) is 3.16. The Morgan fingerprint density at radius 2 is 1.95 bits per heavy atom. The molecule has 2 rings (SSSR count). The zero-order chi connectivity index (χ0) is 15.1. The topological polar surface area (TPSA) is 29.9 Å². The van der Waals surface area contributed by atoms with Gasteiger partial charge in [0.05, 0.1) is 11.0 Å². The average molecular weight is 287 g/mol. The number of aromatic nitrogens is 2. The summed E-state index contributed by atoms with van der Waals surface area (Å²) < 4.78 is 2.36. The van der Waals surface area contributed by atoms with Crippen molar-refractivity contribution in [3.05, 3.63) is 30.1 Å². The van der Waals surface area contributed by atoms with Gasteiger partial charge in [0.25, 0.3) is 0 Å². The van der Waals surface area contributed by atoms with Crippen LogP contribution in [0.1, 0.15) is 52.3 Å². The molecule has 0 radical (unpaired) electrons. The molecule has 1 atom stereocenters. The number of hydrogen-bond donors (Lipinski definition) is 1. The second-order valence-electron chi connectivity index (χ2n) is 5.70. The molecule has 0 fully saturated rings. The predicted octanol–water partition coefficient (Wildman–Crippen LogP) is 4.16. The van der Waals surface area contributed by atoms with Crippen molar-refractivity contribution in [1.82, 2.24) is 14.9 Å². The molecular weight excluding hydrogens is 258 g/mol. The van der Waals surface area contributed by atoms with Crippen molar-refractivity contribution in [3.63, 3.8) is 0 Å². The molecule has 0 spiro atoms. The molecule has 0 aliphatic heterocycles. The number of fused-ring (bicyclic) bond motifs is 1. The minimum atomic E-state index is 0.666. The van der Waals surface area contributed by atoms with Gasteiger partial charge in [0, 0.05) is 19.0 Å². The molecule has 3 heteroatoms. The van der Waals surface area contributed by atoms with Crippen molar-refractivity contribution in [1.29, 1.82) is 0 Å². The highest BCUT2D eigenvalue weighted by Gasteiger charge is 2.10. The minimum Gasteiger partial charge on any atom is -0.328 e. The van der Waals surface area contributed by atoms with Gasteiger partial charge in [0.15, 0.2) is 0 Å². The standard InChI is InChI=1S/C18H29N3/c1-4-10-15(19-5-2)11-9-14-18-20-16-12-7-8-13-17(16)21(18)6-3/h7-8,12-13,15,19H,4-6,9-11,14H2,1-3H3. The van der Waals surface area contributed by atoms with Gasteiger partial charge in [-0.1, -0.05) is 32.4 Å². The lowest BCUT2D eigenvalue weighted by molar-refractivity contribution is 0.444. The Morgan fingerprint density at radius 3 is 2.67 bits per heavy atom. The monoisotopic (exact) mass is 287 g/mol. The number of imidazole rings is 1. The molecule has 1 heterocycles. The Morgan fingerprint density at radius 1 is 1.14 bits per heavy atom. The highest BCUT2D eigenvalue weighted by atomic mass is 15.1. The summed E-state index contributed by atoms with van der Waals surface area (Å²) in [5.41, 5.74) is 2.40. The van der Waals surface area contributed by atoms with E-state index in [2.05, 4.69) is 54.9 Å². The number of benzene rings is 1. The van der Waals surface area contributed by atoms with Crippen molar-refractivity contribution in [2.24, 2.45) is 0 Å². The van der Waals surface area contributed by atoms with Crippen LogP contribution in [0.3, 0.4) is 0 Å². The van der Waals surface area contributed by atoms with Crippen molar-refractivity contribution in [3.8, 4) is 0 Å². The van der Waals surface area contributed by atoms with E-state index in [1.54, 1.807) is 0 Å². The zero-order valence-corrected chi connectivity index (χ0v) is 13.7. The van der Waals surface area contributed by atoms with Crippen molar-refractivity contribution >= 4 is 11.0 Å². The first-order chi connectivity index (χ1) is 10.3. The molecule has 0 aliphatic rings. The summed E-state index contributed by atoms with van der Waals surface area (Å²) in [5.74, 6) is 1.24. The molecule has 3 nitrogen and oxygen atoms in total. The molecule has 1 N–H and O–H groups in total. The van der Waals surface area contributed by atoms with Gasteiger partial charge >= 0.3 is 0 Å². The van der Waals surface area contributed by atoms with Crippen molar-refractivity contribution in [2.75, 3.05) is 6.54 Å². The van der Waals surface area contributed by atoms with Crippen LogP contribution >= 0.6 is 0 Å². The Bertz CT molecular complexity index is 538. The van der Waals surface area contributed by atoms with Crippen molar-refractivity contribution < 1.29 is 0 Å². The third kappa shape index (κ3) is 4.07. The number of aryl methyl sites for hydroxylation is 2. The fourth-order valence-electron chi connectivity index (χ4n) is 3.16.